The van der Waals surface area contributed by atoms with Crippen molar-refractivity contribution in [2.75, 3.05) is 0 Å². The van der Waals surface area contributed by atoms with Crippen LogP contribution in [0.15, 0.2) is 279 Å². The molecule has 2 aromatic heterocycles. The smallest absolute Gasteiger partial charge is 0.179 e. The lowest BCUT2D eigenvalue weighted by atomic mass is 10.1. The molecule has 10 aromatic carbocycles. The largest absolute Gasteiger partial charge is 0.208 e. The van der Waals surface area contributed by atoms with Crippen molar-refractivity contribution < 1.29 is 0 Å². The van der Waals surface area contributed by atoms with Crippen LogP contribution in [0.2, 0.25) is 0 Å². The van der Waals surface area contributed by atoms with Crippen molar-refractivity contribution in [3.8, 4) is 90.6 Å². The second kappa shape index (κ2) is 20.0. The second-order valence-corrected chi connectivity index (χ2v) is 21.7. The van der Waals surface area contributed by atoms with Crippen molar-refractivity contribution in [3.05, 3.63) is 279 Å². The fourth-order valence-corrected chi connectivity index (χ4v) is 14.7. The van der Waals surface area contributed by atoms with Crippen molar-refractivity contribution in [2.45, 2.75) is 0 Å². The molecule has 344 valence electrons. The standard InChI is InChI=1S/C66H46N6Si/c1-7-23-47(24-8-1)53-35-19-39-57(43-53)73(58-40-20-36-54(44-58)48-25-9-2-10-26-48,59-41-21-37-55(45-59)65-69-61(49-27-11-3-12-28-49)67-62(70-65)50-29-13-4-14-30-50)60-42-22-38-56(46-60)66-71-63(51-31-15-5-16-32-51)68-64(72-66)52-33-17-6-18-34-52/h1-46H. The van der Waals surface area contributed by atoms with E-state index in [1.165, 1.54) is 10.4 Å². The molecule has 73 heavy (non-hydrogen) atoms. The van der Waals surface area contributed by atoms with Gasteiger partial charge in [0.1, 0.15) is 0 Å². The molecule has 0 amide bonds. The maximum absolute atomic E-state index is 5.24. The maximum atomic E-state index is 5.24. The molecule has 0 atom stereocenters. The van der Waals surface area contributed by atoms with E-state index in [4.69, 9.17) is 29.9 Å². The van der Waals surface area contributed by atoms with Gasteiger partial charge in [-0.15, -0.1) is 0 Å². The average molecular weight is 951 g/mol. The molecule has 0 radical (unpaired) electrons. The summed E-state index contributed by atoms with van der Waals surface area (Å²) in [4.78, 5) is 31.1. The molecule has 0 bridgehead atoms. The van der Waals surface area contributed by atoms with Crippen LogP contribution in [0, 0.1) is 0 Å². The molecule has 7 heteroatoms. The van der Waals surface area contributed by atoms with Crippen LogP contribution in [-0.4, -0.2) is 38.0 Å². The Bertz CT molecular complexity index is 3470. The first-order chi connectivity index (χ1) is 36.2. The van der Waals surface area contributed by atoms with Gasteiger partial charge >= 0.3 is 0 Å². The average Bonchev–Trinajstić information content (AvgIpc) is 3.49. The van der Waals surface area contributed by atoms with Gasteiger partial charge in [0.25, 0.3) is 0 Å². The zero-order valence-corrected chi connectivity index (χ0v) is 40.7. The van der Waals surface area contributed by atoms with Crippen molar-refractivity contribution >= 4 is 28.8 Å². The van der Waals surface area contributed by atoms with Crippen LogP contribution in [0.4, 0.5) is 0 Å². The summed E-state index contributed by atoms with van der Waals surface area (Å²) >= 11 is 0. The molecule has 12 aromatic rings. The Morgan fingerprint density at radius 1 is 0.164 bits per heavy atom. The fraction of sp³-hybridized carbons (Fsp3) is 0. The highest BCUT2D eigenvalue weighted by Crippen LogP contribution is 2.29. The van der Waals surface area contributed by atoms with E-state index in [1.54, 1.807) is 0 Å². The summed E-state index contributed by atoms with van der Waals surface area (Å²) in [5.74, 6) is 3.63. The molecule has 0 unspecified atom stereocenters. The van der Waals surface area contributed by atoms with E-state index in [0.717, 1.165) is 66.0 Å². The Morgan fingerprint density at radius 3 is 0.616 bits per heavy atom. The van der Waals surface area contributed by atoms with Crippen molar-refractivity contribution in [2.24, 2.45) is 0 Å². The summed E-state index contributed by atoms with van der Waals surface area (Å²) in [5.41, 5.74) is 10.0. The number of benzene rings is 10. The fourth-order valence-electron chi connectivity index (χ4n) is 9.78. The number of aromatic nitrogens is 6. The van der Waals surface area contributed by atoms with E-state index in [9.17, 15) is 0 Å². The van der Waals surface area contributed by atoms with Crippen LogP contribution in [0.25, 0.3) is 90.6 Å². The molecule has 0 fully saturated rings. The summed E-state index contributed by atoms with van der Waals surface area (Å²) in [6.07, 6.45) is 0. The van der Waals surface area contributed by atoms with Gasteiger partial charge in [-0.3, -0.25) is 0 Å². The van der Waals surface area contributed by atoms with Crippen LogP contribution in [0.1, 0.15) is 0 Å². The van der Waals surface area contributed by atoms with Crippen LogP contribution in [0.5, 0.6) is 0 Å². The third-order valence-corrected chi connectivity index (χ3v) is 18.0. The van der Waals surface area contributed by atoms with Crippen molar-refractivity contribution in [3.63, 3.8) is 0 Å². The highest BCUT2D eigenvalue weighted by Gasteiger charge is 2.42. The van der Waals surface area contributed by atoms with E-state index in [0.29, 0.717) is 34.9 Å². The SMILES string of the molecule is c1ccc(-c2cccc([Si](c3cccc(-c4ccccc4)c3)(c3cccc(-c4nc(-c5ccccc5)nc(-c5ccccc5)n4)c3)c3cccc(-c4nc(-c5ccccc5)nc(-c5ccccc5)n4)c3)c2)cc1. The topological polar surface area (TPSA) is 77.3 Å². The Kier molecular flexibility index (Phi) is 12.3. The lowest BCUT2D eigenvalue weighted by Gasteiger charge is -2.35. The minimum atomic E-state index is -3.41. The molecule has 0 N–H and O–H groups in total. The van der Waals surface area contributed by atoms with E-state index in [2.05, 4.69) is 158 Å². The third kappa shape index (κ3) is 9.09. The van der Waals surface area contributed by atoms with Crippen LogP contribution in [-0.2, 0) is 0 Å². The van der Waals surface area contributed by atoms with Gasteiger partial charge in [0, 0.05) is 33.4 Å². The van der Waals surface area contributed by atoms with Crippen LogP contribution in [0.3, 0.4) is 0 Å². The van der Waals surface area contributed by atoms with E-state index < -0.39 is 8.07 Å². The lowest BCUT2D eigenvalue weighted by molar-refractivity contribution is 1.07. The van der Waals surface area contributed by atoms with E-state index in [-0.39, 0.29) is 0 Å². The van der Waals surface area contributed by atoms with Gasteiger partial charge in [0.05, 0.1) is 0 Å². The van der Waals surface area contributed by atoms with Crippen LogP contribution >= 0.6 is 0 Å². The highest BCUT2D eigenvalue weighted by atomic mass is 28.3. The van der Waals surface area contributed by atoms with Gasteiger partial charge in [-0.1, -0.05) is 279 Å². The predicted octanol–water partition coefficient (Wildman–Crippen LogP) is 12.8. The van der Waals surface area contributed by atoms with Gasteiger partial charge in [0.2, 0.25) is 0 Å². The molecule has 0 aliphatic rings. The first kappa shape index (κ1) is 44.6. The van der Waals surface area contributed by atoms with E-state index >= 15 is 0 Å². The molecule has 12 rings (SSSR count). The molecule has 6 nitrogen and oxygen atoms in total. The Balaban J connectivity index is 1.14. The summed E-state index contributed by atoms with van der Waals surface area (Å²) in [6.45, 7) is 0. The Labute approximate surface area is 426 Å². The first-order valence-electron chi connectivity index (χ1n) is 24.4. The Morgan fingerprint density at radius 2 is 0.356 bits per heavy atom. The molecule has 2 heterocycles. The lowest BCUT2D eigenvalue weighted by Crippen LogP contribution is -2.74. The molecular formula is C66H46N6Si. The van der Waals surface area contributed by atoms with Gasteiger partial charge in [-0.2, -0.15) is 0 Å². The zero-order valence-electron chi connectivity index (χ0n) is 39.7. The summed E-state index contributed by atoms with van der Waals surface area (Å²) in [6, 6.07) is 98.0. The second-order valence-electron chi connectivity index (χ2n) is 17.9. The molecule has 0 saturated carbocycles. The molecule has 0 saturated heterocycles. The van der Waals surface area contributed by atoms with Gasteiger partial charge < -0.3 is 0 Å². The zero-order chi connectivity index (χ0) is 48.8. The number of hydrogen-bond donors (Lipinski definition) is 0. The normalized spacial score (nSPS) is 11.3. The van der Waals surface area contributed by atoms with Crippen molar-refractivity contribution in [1.29, 1.82) is 0 Å². The molecule has 0 aliphatic heterocycles. The third-order valence-electron chi connectivity index (χ3n) is 13.3. The van der Waals surface area contributed by atoms with Crippen molar-refractivity contribution in [1.82, 2.24) is 29.9 Å². The van der Waals surface area contributed by atoms with Crippen LogP contribution < -0.4 is 20.7 Å². The highest BCUT2D eigenvalue weighted by molar-refractivity contribution is 7.20. The van der Waals surface area contributed by atoms with Gasteiger partial charge in [-0.05, 0) is 43.0 Å². The number of nitrogens with zero attached hydrogens (tertiary/aromatic N) is 6. The summed E-state index contributed by atoms with van der Waals surface area (Å²) < 4.78 is 0. The summed E-state index contributed by atoms with van der Waals surface area (Å²) in [5, 5.41) is 4.74. The minimum Gasteiger partial charge on any atom is -0.208 e. The van der Waals surface area contributed by atoms with E-state index in [1.807, 2.05) is 121 Å². The molecule has 0 aliphatic carbocycles. The predicted molar refractivity (Wildman–Crippen MR) is 300 cm³/mol. The maximum Gasteiger partial charge on any atom is 0.179 e. The quantitative estimate of drug-likeness (QED) is 0.0897. The molecule has 0 spiro atoms. The minimum absolute atomic E-state index is 0.592. The molecular weight excluding hydrogens is 905 g/mol. The first-order valence-corrected chi connectivity index (χ1v) is 26.4. The van der Waals surface area contributed by atoms with Gasteiger partial charge in [0.15, 0.2) is 43.0 Å². The monoisotopic (exact) mass is 950 g/mol. The summed E-state index contributed by atoms with van der Waals surface area (Å²) in [7, 11) is -3.41. The van der Waals surface area contributed by atoms with Gasteiger partial charge in [-0.25, -0.2) is 29.9 Å². The Hall–Kier alpha value is -9.56. The number of rotatable bonds is 12. The number of hydrogen-bond acceptors (Lipinski definition) is 6.